The van der Waals surface area contributed by atoms with Gasteiger partial charge in [-0.1, -0.05) is 0 Å². The van der Waals surface area contributed by atoms with Crippen molar-refractivity contribution in [3.05, 3.63) is 33.3 Å². The second-order valence-corrected chi connectivity index (χ2v) is 5.40. The van der Waals surface area contributed by atoms with E-state index in [1.165, 1.54) is 11.3 Å². The molecule has 0 saturated carbocycles. The molecular weight excluding hydrogens is 262 g/mol. The molecule has 0 amide bonds. The van der Waals surface area contributed by atoms with Crippen molar-refractivity contribution >= 4 is 23.0 Å². The summed E-state index contributed by atoms with van der Waals surface area (Å²) in [7, 11) is 0. The molecule has 2 heterocycles. The summed E-state index contributed by atoms with van der Waals surface area (Å²) in [4.78, 5) is 13.2. The van der Waals surface area contributed by atoms with Crippen molar-refractivity contribution in [2.45, 2.75) is 27.3 Å². The number of aromatic nitrogens is 2. The Morgan fingerprint density at radius 3 is 2.79 bits per heavy atom. The molecule has 0 unspecified atom stereocenters. The first-order valence-electron chi connectivity index (χ1n) is 6.08. The maximum absolute atomic E-state index is 11.6. The van der Waals surface area contributed by atoms with Crippen molar-refractivity contribution in [1.82, 2.24) is 9.78 Å². The molecule has 6 heteroatoms. The van der Waals surface area contributed by atoms with Crippen molar-refractivity contribution < 1.29 is 9.53 Å². The molecular formula is C13H17N3O2S. The Balaban J connectivity index is 2.16. The molecule has 2 rings (SSSR count). The monoisotopic (exact) mass is 279 g/mol. The first-order valence-corrected chi connectivity index (χ1v) is 6.90. The summed E-state index contributed by atoms with van der Waals surface area (Å²) in [5.74, 6) is -0.272. The molecule has 2 N–H and O–H groups in total. The number of thiophene rings is 1. The van der Waals surface area contributed by atoms with Gasteiger partial charge in [0.05, 0.1) is 30.2 Å². The number of carbonyl (C=O) groups excluding carboxylic acids is 1. The summed E-state index contributed by atoms with van der Waals surface area (Å²) >= 11 is 1.42. The van der Waals surface area contributed by atoms with Crippen LogP contribution in [0.25, 0.3) is 0 Å². The number of ether oxygens (including phenoxy) is 1. The van der Waals surface area contributed by atoms with Crippen LogP contribution in [-0.4, -0.2) is 22.4 Å². The molecule has 0 aliphatic heterocycles. The van der Waals surface area contributed by atoms with Crippen molar-refractivity contribution in [3.63, 3.8) is 0 Å². The van der Waals surface area contributed by atoms with Gasteiger partial charge in [0, 0.05) is 4.88 Å². The molecule has 2 aromatic rings. The number of hydrogen-bond acceptors (Lipinski definition) is 5. The van der Waals surface area contributed by atoms with Gasteiger partial charge in [-0.2, -0.15) is 5.10 Å². The average Bonchev–Trinajstić information content (AvgIpc) is 2.92. The number of nitrogens with two attached hydrogens (primary N) is 1. The fraction of sp³-hybridized carbons (Fsp3) is 0.385. The summed E-state index contributed by atoms with van der Waals surface area (Å²) in [5.41, 5.74) is 8.40. The zero-order chi connectivity index (χ0) is 14.0. The highest BCUT2D eigenvalue weighted by atomic mass is 32.1. The van der Waals surface area contributed by atoms with Crippen LogP contribution in [-0.2, 0) is 11.3 Å². The molecule has 0 aliphatic carbocycles. The highest BCUT2D eigenvalue weighted by Crippen LogP contribution is 2.21. The second-order valence-electron chi connectivity index (χ2n) is 4.23. The molecule has 0 atom stereocenters. The van der Waals surface area contributed by atoms with Gasteiger partial charge >= 0.3 is 5.97 Å². The van der Waals surface area contributed by atoms with E-state index in [1.807, 2.05) is 24.6 Å². The maximum atomic E-state index is 11.6. The van der Waals surface area contributed by atoms with E-state index in [0.717, 1.165) is 22.0 Å². The van der Waals surface area contributed by atoms with Crippen LogP contribution in [0.2, 0.25) is 0 Å². The fourth-order valence-corrected chi connectivity index (χ4v) is 2.67. The highest BCUT2D eigenvalue weighted by molar-refractivity contribution is 7.13. The summed E-state index contributed by atoms with van der Waals surface area (Å²) < 4.78 is 6.82. The van der Waals surface area contributed by atoms with Crippen LogP contribution in [0.3, 0.4) is 0 Å². The lowest BCUT2D eigenvalue weighted by Gasteiger charge is -2.02. The van der Waals surface area contributed by atoms with Crippen LogP contribution < -0.4 is 5.73 Å². The van der Waals surface area contributed by atoms with Crippen LogP contribution in [0.1, 0.15) is 32.9 Å². The SMILES string of the molecule is CCOC(=O)c1ccc(Cn2nc(C)c(N)c2C)s1. The summed E-state index contributed by atoms with van der Waals surface area (Å²) in [5, 5.41) is 4.38. The van der Waals surface area contributed by atoms with E-state index in [1.54, 1.807) is 13.0 Å². The van der Waals surface area contributed by atoms with Gasteiger partial charge in [0.2, 0.25) is 0 Å². The molecule has 102 valence electrons. The summed E-state index contributed by atoms with van der Waals surface area (Å²) in [6, 6.07) is 3.70. The zero-order valence-corrected chi connectivity index (χ0v) is 12.1. The zero-order valence-electron chi connectivity index (χ0n) is 11.3. The van der Waals surface area contributed by atoms with Gasteiger partial charge in [0.25, 0.3) is 0 Å². The van der Waals surface area contributed by atoms with E-state index in [0.29, 0.717) is 18.0 Å². The summed E-state index contributed by atoms with van der Waals surface area (Å²) in [6.07, 6.45) is 0. The predicted molar refractivity (Wildman–Crippen MR) is 75.5 cm³/mol. The third-order valence-electron chi connectivity index (χ3n) is 2.88. The van der Waals surface area contributed by atoms with Crippen molar-refractivity contribution in [2.24, 2.45) is 0 Å². The van der Waals surface area contributed by atoms with Gasteiger partial charge in [-0.3, -0.25) is 4.68 Å². The minimum absolute atomic E-state index is 0.272. The van der Waals surface area contributed by atoms with E-state index in [2.05, 4.69) is 5.10 Å². The van der Waals surface area contributed by atoms with E-state index in [4.69, 9.17) is 10.5 Å². The Kier molecular flexibility index (Phi) is 3.90. The van der Waals surface area contributed by atoms with Crippen LogP contribution >= 0.6 is 11.3 Å². The number of esters is 1. The van der Waals surface area contributed by atoms with Gasteiger partial charge in [-0.15, -0.1) is 11.3 Å². The van der Waals surface area contributed by atoms with Crippen molar-refractivity contribution in [2.75, 3.05) is 12.3 Å². The van der Waals surface area contributed by atoms with E-state index < -0.39 is 0 Å². The highest BCUT2D eigenvalue weighted by Gasteiger charge is 2.12. The first-order chi connectivity index (χ1) is 9.02. The minimum Gasteiger partial charge on any atom is -0.462 e. The lowest BCUT2D eigenvalue weighted by molar-refractivity contribution is 0.0532. The Hall–Kier alpha value is -1.82. The van der Waals surface area contributed by atoms with E-state index in [9.17, 15) is 4.79 Å². The fourth-order valence-electron chi connectivity index (χ4n) is 1.79. The number of rotatable bonds is 4. The lowest BCUT2D eigenvalue weighted by Crippen LogP contribution is -2.03. The number of carbonyl (C=O) groups is 1. The molecule has 2 aromatic heterocycles. The van der Waals surface area contributed by atoms with Gasteiger partial charge in [-0.05, 0) is 32.9 Å². The first kappa shape index (κ1) is 13.6. The molecule has 0 radical (unpaired) electrons. The third-order valence-corrected chi connectivity index (χ3v) is 3.93. The molecule has 19 heavy (non-hydrogen) atoms. The molecule has 0 spiro atoms. The Labute approximate surface area is 116 Å². The quantitative estimate of drug-likeness (QED) is 0.872. The van der Waals surface area contributed by atoms with Crippen LogP contribution in [0.5, 0.6) is 0 Å². The third kappa shape index (κ3) is 2.78. The summed E-state index contributed by atoms with van der Waals surface area (Å²) in [6.45, 7) is 6.63. The molecule has 0 fully saturated rings. The molecule has 0 aromatic carbocycles. The standard InChI is InChI=1S/C13H17N3O2S/c1-4-18-13(17)11-6-5-10(19-11)7-16-9(3)12(14)8(2)15-16/h5-6H,4,7,14H2,1-3H3. The predicted octanol–water partition coefficient (Wildman–Crippen LogP) is 2.37. The number of aryl methyl sites for hydroxylation is 1. The van der Waals surface area contributed by atoms with Gasteiger partial charge in [0.15, 0.2) is 0 Å². The van der Waals surface area contributed by atoms with E-state index in [-0.39, 0.29) is 5.97 Å². The van der Waals surface area contributed by atoms with Crippen LogP contribution in [0.4, 0.5) is 5.69 Å². The van der Waals surface area contributed by atoms with Gasteiger partial charge in [0.1, 0.15) is 4.88 Å². The lowest BCUT2D eigenvalue weighted by atomic mass is 10.3. The van der Waals surface area contributed by atoms with Crippen molar-refractivity contribution in [3.8, 4) is 0 Å². The Morgan fingerprint density at radius 2 is 2.21 bits per heavy atom. The average molecular weight is 279 g/mol. The Bertz CT molecular complexity index is 601. The van der Waals surface area contributed by atoms with Crippen LogP contribution in [0.15, 0.2) is 12.1 Å². The second kappa shape index (κ2) is 5.44. The van der Waals surface area contributed by atoms with Crippen LogP contribution in [0, 0.1) is 13.8 Å². The van der Waals surface area contributed by atoms with E-state index >= 15 is 0 Å². The normalized spacial score (nSPS) is 10.7. The molecule has 0 saturated heterocycles. The maximum Gasteiger partial charge on any atom is 0.348 e. The topological polar surface area (TPSA) is 70.1 Å². The van der Waals surface area contributed by atoms with Gasteiger partial charge < -0.3 is 10.5 Å². The number of hydrogen-bond donors (Lipinski definition) is 1. The largest absolute Gasteiger partial charge is 0.462 e. The minimum atomic E-state index is -0.272. The number of nitrogen functional groups attached to an aromatic ring is 1. The molecule has 0 bridgehead atoms. The smallest absolute Gasteiger partial charge is 0.348 e. The van der Waals surface area contributed by atoms with Gasteiger partial charge in [-0.25, -0.2) is 4.79 Å². The Morgan fingerprint density at radius 1 is 1.47 bits per heavy atom. The molecule has 0 aliphatic rings. The number of anilines is 1. The van der Waals surface area contributed by atoms with Crippen molar-refractivity contribution in [1.29, 1.82) is 0 Å². The number of nitrogens with zero attached hydrogens (tertiary/aromatic N) is 2. The molecule has 5 nitrogen and oxygen atoms in total.